The highest BCUT2D eigenvalue weighted by atomic mass is 32.1. The standard InChI is InChI=1S/C19H27FN4S/c1-13(2)9-18-23-11-17(25-18)12-24-19(21-4)22-8-7-15-5-6-16(20)10-14(15)3/h5-6,10-11,13H,7-9,12H2,1-4H3,(H2,21,22,24). The maximum atomic E-state index is 13.1. The predicted molar refractivity (Wildman–Crippen MR) is 104 cm³/mol. The molecule has 1 heterocycles. The summed E-state index contributed by atoms with van der Waals surface area (Å²) in [6.07, 6.45) is 3.78. The Bertz CT molecular complexity index is 709. The van der Waals surface area contributed by atoms with Crippen molar-refractivity contribution in [1.29, 1.82) is 0 Å². The van der Waals surface area contributed by atoms with Gasteiger partial charge in [-0.15, -0.1) is 11.3 Å². The van der Waals surface area contributed by atoms with Gasteiger partial charge < -0.3 is 10.6 Å². The van der Waals surface area contributed by atoms with Crippen molar-refractivity contribution in [3.63, 3.8) is 0 Å². The quantitative estimate of drug-likeness (QED) is 0.583. The fourth-order valence-corrected chi connectivity index (χ4v) is 3.59. The Labute approximate surface area is 153 Å². The van der Waals surface area contributed by atoms with Gasteiger partial charge in [-0.05, 0) is 42.5 Å². The molecule has 0 aliphatic carbocycles. The number of guanidine groups is 1. The van der Waals surface area contributed by atoms with Crippen LogP contribution in [0.2, 0.25) is 0 Å². The van der Waals surface area contributed by atoms with Crippen LogP contribution in [0.5, 0.6) is 0 Å². The van der Waals surface area contributed by atoms with Crippen molar-refractivity contribution in [3.8, 4) is 0 Å². The summed E-state index contributed by atoms with van der Waals surface area (Å²) < 4.78 is 13.1. The normalized spacial score (nSPS) is 11.8. The first kappa shape index (κ1) is 19.4. The lowest BCUT2D eigenvalue weighted by Gasteiger charge is -2.12. The molecule has 0 saturated carbocycles. The zero-order valence-electron chi connectivity index (χ0n) is 15.4. The number of benzene rings is 1. The molecule has 0 radical (unpaired) electrons. The average molecular weight is 363 g/mol. The maximum Gasteiger partial charge on any atom is 0.191 e. The van der Waals surface area contributed by atoms with Crippen molar-refractivity contribution in [2.24, 2.45) is 10.9 Å². The van der Waals surface area contributed by atoms with Crippen LogP contribution in [0, 0.1) is 18.7 Å². The van der Waals surface area contributed by atoms with Gasteiger partial charge in [-0.3, -0.25) is 4.99 Å². The molecular formula is C19H27FN4S. The van der Waals surface area contributed by atoms with E-state index in [0.29, 0.717) is 12.5 Å². The van der Waals surface area contributed by atoms with Crippen molar-refractivity contribution in [2.75, 3.05) is 13.6 Å². The van der Waals surface area contributed by atoms with Gasteiger partial charge in [0.2, 0.25) is 0 Å². The fraction of sp³-hybridized carbons (Fsp3) is 0.474. The third-order valence-electron chi connectivity index (χ3n) is 3.83. The minimum atomic E-state index is -0.187. The molecule has 136 valence electrons. The second-order valence-corrected chi connectivity index (χ2v) is 7.69. The van der Waals surface area contributed by atoms with Crippen LogP contribution in [0.1, 0.15) is 34.9 Å². The number of hydrogen-bond acceptors (Lipinski definition) is 3. The molecule has 1 aromatic heterocycles. The minimum Gasteiger partial charge on any atom is -0.356 e. The van der Waals surface area contributed by atoms with Gasteiger partial charge in [0.15, 0.2) is 5.96 Å². The van der Waals surface area contributed by atoms with E-state index in [1.807, 2.05) is 19.2 Å². The van der Waals surface area contributed by atoms with Crippen molar-refractivity contribution in [1.82, 2.24) is 15.6 Å². The first-order valence-corrected chi connectivity index (χ1v) is 9.42. The minimum absolute atomic E-state index is 0.187. The largest absolute Gasteiger partial charge is 0.356 e. The molecule has 25 heavy (non-hydrogen) atoms. The van der Waals surface area contributed by atoms with E-state index in [1.165, 1.54) is 16.0 Å². The highest BCUT2D eigenvalue weighted by Gasteiger charge is 2.06. The lowest BCUT2D eigenvalue weighted by molar-refractivity contribution is 0.625. The van der Waals surface area contributed by atoms with Gasteiger partial charge >= 0.3 is 0 Å². The molecule has 0 unspecified atom stereocenters. The van der Waals surface area contributed by atoms with Crippen LogP contribution in [0.15, 0.2) is 29.4 Å². The molecule has 0 aliphatic heterocycles. The lowest BCUT2D eigenvalue weighted by atomic mass is 10.1. The van der Waals surface area contributed by atoms with E-state index in [2.05, 4.69) is 34.5 Å². The molecule has 2 rings (SSSR count). The van der Waals surface area contributed by atoms with Crippen molar-refractivity contribution in [2.45, 2.75) is 40.2 Å². The van der Waals surface area contributed by atoms with Crippen LogP contribution < -0.4 is 10.6 Å². The van der Waals surface area contributed by atoms with E-state index in [4.69, 9.17) is 0 Å². The number of halogens is 1. The van der Waals surface area contributed by atoms with Gasteiger partial charge in [0, 0.05) is 31.1 Å². The van der Waals surface area contributed by atoms with Crippen LogP contribution in [-0.2, 0) is 19.4 Å². The molecule has 0 spiro atoms. The monoisotopic (exact) mass is 362 g/mol. The molecule has 2 aromatic rings. The molecular weight excluding hydrogens is 335 g/mol. The Hall–Kier alpha value is -1.95. The molecule has 0 saturated heterocycles. The van der Waals surface area contributed by atoms with Crippen molar-refractivity contribution >= 4 is 17.3 Å². The van der Waals surface area contributed by atoms with E-state index < -0.39 is 0 Å². The summed E-state index contributed by atoms with van der Waals surface area (Å²) >= 11 is 1.75. The number of rotatable bonds is 7. The fourth-order valence-electron chi connectivity index (χ4n) is 2.52. The Morgan fingerprint density at radius 1 is 1.32 bits per heavy atom. The number of hydrogen-bond donors (Lipinski definition) is 2. The number of aryl methyl sites for hydroxylation is 1. The smallest absolute Gasteiger partial charge is 0.191 e. The predicted octanol–water partition coefficient (Wildman–Crippen LogP) is 3.70. The molecule has 4 nitrogen and oxygen atoms in total. The van der Waals surface area contributed by atoms with Gasteiger partial charge in [0.05, 0.1) is 11.6 Å². The van der Waals surface area contributed by atoms with Gasteiger partial charge in [0.1, 0.15) is 5.82 Å². The third kappa shape index (κ3) is 6.46. The number of nitrogens with zero attached hydrogens (tertiary/aromatic N) is 2. The Kier molecular flexibility index (Phi) is 7.37. The maximum absolute atomic E-state index is 13.1. The molecule has 0 bridgehead atoms. The first-order valence-electron chi connectivity index (χ1n) is 8.61. The molecule has 0 fully saturated rings. The average Bonchev–Trinajstić information content (AvgIpc) is 2.99. The molecule has 1 aromatic carbocycles. The summed E-state index contributed by atoms with van der Waals surface area (Å²) in [5.74, 6) is 1.20. The number of thiazole rings is 1. The Morgan fingerprint density at radius 2 is 2.12 bits per heavy atom. The number of nitrogens with one attached hydrogen (secondary N) is 2. The SMILES string of the molecule is CN=C(NCCc1ccc(F)cc1C)NCc1cnc(CC(C)C)s1. The highest BCUT2D eigenvalue weighted by molar-refractivity contribution is 7.11. The molecule has 0 amide bonds. The molecule has 0 aliphatic rings. The van der Waals surface area contributed by atoms with E-state index in [9.17, 15) is 4.39 Å². The summed E-state index contributed by atoms with van der Waals surface area (Å²) in [7, 11) is 1.76. The van der Waals surface area contributed by atoms with Crippen LogP contribution in [0.3, 0.4) is 0 Å². The topological polar surface area (TPSA) is 49.3 Å². The lowest BCUT2D eigenvalue weighted by Crippen LogP contribution is -2.37. The van der Waals surface area contributed by atoms with Gasteiger partial charge in [0.25, 0.3) is 0 Å². The highest BCUT2D eigenvalue weighted by Crippen LogP contribution is 2.16. The second-order valence-electron chi connectivity index (χ2n) is 6.49. The van der Waals surface area contributed by atoms with Crippen LogP contribution in [0.4, 0.5) is 4.39 Å². The van der Waals surface area contributed by atoms with Crippen LogP contribution >= 0.6 is 11.3 Å². The molecule has 0 atom stereocenters. The Morgan fingerprint density at radius 3 is 2.80 bits per heavy atom. The summed E-state index contributed by atoms with van der Waals surface area (Å²) in [5.41, 5.74) is 2.12. The summed E-state index contributed by atoms with van der Waals surface area (Å²) in [4.78, 5) is 9.91. The van der Waals surface area contributed by atoms with E-state index >= 15 is 0 Å². The van der Waals surface area contributed by atoms with Crippen molar-refractivity contribution < 1.29 is 4.39 Å². The second kappa shape index (κ2) is 9.51. The zero-order chi connectivity index (χ0) is 18.2. The number of aliphatic imine (C=N–C) groups is 1. The van der Waals surface area contributed by atoms with E-state index in [-0.39, 0.29) is 5.82 Å². The summed E-state index contributed by atoms with van der Waals surface area (Å²) in [6.45, 7) is 7.80. The first-order chi connectivity index (χ1) is 12.0. The van der Waals surface area contributed by atoms with Gasteiger partial charge in [-0.1, -0.05) is 19.9 Å². The van der Waals surface area contributed by atoms with Gasteiger partial charge in [-0.25, -0.2) is 9.37 Å². The summed E-state index contributed by atoms with van der Waals surface area (Å²) in [6, 6.07) is 4.92. The molecule has 2 N–H and O–H groups in total. The van der Waals surface area contributed by atoms with Crippen LogP contribution in [-0.4, -0.2) is 24.5 Å². The third-order valence-corrected chi connectivity index (χ3v) is 4.85. The number of aromatic nitrogens is 1. The molecule has 6 heteroatoms. The zero-order valence-corrected chi connectivity index (χ0v) is 16.2. The van der Waals surface area contributed by atoms with Crippen molar-refractivity contribution in [3.05, 3.63) is 51.2 Å². The van der Waals surface area contributed by atoms with Gasteiger partial charge in [-0.2, -0.15) is 0 Å². The van der Waals surface area contributed by atoms with E-state index in [1.54, 1.807) is 24.5 Å². The van der Waals surface area contributed by atoms with Crippen LogP contribution in [0.25, 0.3) is 0 Å². The van der Waals surface area contributed by atoms with E-state index in [0.717, 1.165) is 36.5 Å². The summed E-state index contributed by atoms with van der Waals surface area (Å²) in [5, 5.41) is 7.79. The Balaban J connectivity index is 1.78.